The zero-order valence-corrected chi connectivity index (χ0v) is 16.1. The van der Waals surface area contributed by atoms with Crippen molar-refractivity contribution in [3.8, 4) is 22.6 Å². The molecule has 2 aromatic rings. The molecule has 0 aliphatic carbocycles. The first-order chi connectivity index (χ1) is 12.1. The third-order valence-electron chi connectivity index (χ3n) is 4.62. The maximum Gasteiger partial charge on any atom is 0.119 e. The van der Waals surface area contributed by atoms with Crippen molar-refractivity contribution in [3.63, 3.8) is 0 Å². The van der Waals surface area contributed by atoms with E-state index in [1.54, 1.807) is 7.11 Å². The molecule has 25 heavy (non-hydrogen) atoms. The minimum atomic E-state index is 0.725. The van der Waals surface area contributed by atoms with Crippen molar-refractivity contribution < 1.29 is 9.47 Å². The van der Waals surface area contributed by atoms with Gasteiger partial charge in [0.25, 0.3) is 0 Å². The molecule has 0 radical (unpaired) electrons. The molecule has 136 valence electrons. The normalized spacial score (nSPS) is 12.2. The second kappa shape index (κ2) is 10.1. The van der Waals surface area contributed by atoms with Gasteiger partial charge in [-0.2, -0.15) is 0 Å². The molecule has 0 saturated heterocycles. The van der Waals surface area contributed by atoms with E-state index in [4.69, 9.17) is 9.47 Å². The van der Waals surface area contributed by atoms with Crippen molar-refractivity contribution in [2.75, 3.05) is 13.7 Å². The van der Waals surface area contributed by atoms with E-state index in [9.17, 15) is 0 Å². The Morgan fingerprint density at radius 1 is 0.800 bits per heavy atom. The number of benzene rings is 2. The van der Waals surface area contributed by atoms with Gasteiger partial charge in [0.2, 0.25) is 0 Å². The summed E-state index contributed by atoms with van der Waals surface area (Å²) in [5, 5.41) is 0. The lowest BCUT2D eigenvalue weighted by molar-refractivity contribution is 0.276. The first-order valence-corrected chi connectivity index (χ1v) is 9.45. The van der Waals surface area contributed by atoms with E-state index in [0.29, 0.717) is 0 Å². The molecule has 0 amide bonds. The Labute approximate surface area is 153 Å². The number of hydrogen-bond acceptors (Lipinski definition) is 2. The van der Waals surface area contributed by atoms with Gasteiger partial charge in [0.15, 0.2) is 0 Å². The number of methoxy groups -OCH3 is 1. The van der Waals surface area contributed by atoms with Crippen LogP contribution < -0.4 is 9.47 Å². The first-order valence-electron chi connectivity index (χ1n) is 9.45. The van der Waals surface area contributed by atoms with E-state index >= 15 is 0 Å². The second-order valence-electron chi connectivity index (χ2n) is 7.32. The summed E-state index contributed by atoms with van der Waals surface area (Å²) in [7, 11) is 1.69. The van der Waals surface area contributed by atoms with Gasteiger partial charge in [-0.25, -0.2) is 0 Å². The number of rotatable bonds is 10. The van der Waals surface area contributed by atoms with Gasteiger partial charge in [0.05, 0.1) is 13.7 Å². The van der Waals surface area contributed by atoms with Crippen LogP contribution in [0.5, 0.6) is 11.5 Å². The maximum absolute atomic E-state index is 5.99. The Kier molecular flexibility index (Phi) is 7.84. The van der Waals surface area contributed by atoms with Crippen LogP contribution in [-0.2, 0) is 0 Å². The molecule has 1 atom stereocenters. The molecule has 1 unspecified atom stereocenters. The Bertz CT molecular complexity index is 616. The van der Waals surface area contributed by atoms with Gasteiger partial charge in [0, 0.05) is 0 Å². The SMILES string of the molecule is COc1ccc(-c2cccc(OCCC(C)CCCC(C)C)c2)cc1. The summed E-state index contributed by atoms with van der Waals surface area (Å²) in [4.78, 5) is 0. The summed E-state index contributed by atoms with van der Waals surface area (Å²) in [5.74, 6) is 3.36. The fourth-order valence-electron chi connectivity index (χ4n) is 2.95. The average Bonchev–Trinajstić information content (AvgIpc) is 2.62. The molecule has 0 spiro atoms. The highest BCUT2D eigenvalue weighted by atomic mass is 16.5. The van der Waals surface area contributed by atoms with Crippen LogP contribution in [0.1, 0.15) is 46.5 Å². The second-order valence-corrected chi connectivity index (χ2v) is 7.32. The van der Waals surface area contributed by atoms with E-state index in [1.165, 1.54) is 30.4 Å². The van der Waals surface area contributed by atoms with E-state index in [-0.39, 0.29) is 0 Å². The lowest BCUT2D eigenvalue weighted by atomic mass is 9.98. The van der Waals surface area contributed by atoms with Crippen LogP contribution in [0.2, 0.25) is 0 Å². The van der Waals surface area contributed by atoms with Gasteiger partial charge in [0.1, 0.15) is 11.5 Å². The third-order valence-corrected chi connectivity index (χ3v) is 4.62. The fraction of sp³-hybridized carbons (Fsp3) is 0.478. The van der Waals surface area contributed by atoms with Crippen molar-refractivity contribution in [1.82, 2.24) is 0 Å². The zero-order valence-electron chi connectivity index (χ0n) is 16.1. The zero-order chi connectivity index (χ0) is 18.1. The van der Waals surface area contributed by atoms with Crippen molar-refractivity contribution in [1.29, 1.82) is 0 Å². The first kappa shape index (κ1) is 19.4. The van der Waals surface area contributed by atoms with Gasteiger partial charge >= 0.3 is 0 Å². The number of hydrogen-bond donors (Lipinski definition) is 0. The minimum absolute atomic E-state index is 0.725. The molecule has 0 heterocycles. The fourth-order valence-corrected chi connectivity index (χ4v) is 2.95. The van der Waals surface area contributed by atoms with E-state index in [1.807, 2.05) is 18.2 Å². The molecular weight excluding hydrogens is 308 g/mol. The summed E-state index contributed by atoms with van der Waals surface area (Å²) in [5.41, 5.74) is 2.35. The van der Waals surface area contributed by atoms with Crippen molar-refractivity contribution in [3.05, 3.63) is 48.5 Å². The Morgan fingerprint density at radius 2 is 1.56 bits per heavy atom. The van der Waals surface area contributed by atoms with Crippen molar-refractivity contribution in [2.45, 2.75) is 46.5 Å². The Morgan fingerprint density at radius 3 is 2.24 bits per heavy atom. The molecule has 0 aliphatic rings. The maximum atomic E-state index is 5.99. The third kappa shape index (κ3) is 6.81. The van der Waals surface area contributed by atoms with Crippen LogP contribution in [0.3, 0.4) is 0 Å². The van der Waals surface area contributed by atoms with E-state index in [0.717, 1.165) is 36.4 Å². The lowest BCUT2D eigenvalue weighted by Crippen LogP contribution is -2.04. The van der Waals surface area contributed by atoms with Crippen LogP contribution in [-0.4, -0.2) is 13.7 Å². The molecule has 0 bridgehead atoms. The highest BCUT2D eigenvalue weighted by molar-refractivity contribution is 5.65. The predicted octanol–water partition coefficient (Wildman–Crippen LogP) is 6.59. The molecule has 2 nitrogen and oxygen atoms in total. The molecule has 0 aliphatic heterocycles. The van der Waals surface area contributed by atoms with Gasteiger partial charge in [-0.3, -0.25) is 0 Å². The van der Waals surface area contributed by atoms with Gasteiger partial charge in [-0.15, -0.1) is 0 Å². The number of ether oxygens (including phenoxy) is 2. The smallest absolute Gasteiger partial charge is 0.119 e. The van der Waals surface area contributed by atoms with Crippen LogP contribution in [0.15, 0.2) is 48.5 Å². The largest absolute Gasteiger partial charge is 0.497 e. The minimum Gasteiger partial charge on any atom is -0.497 e. The van der Waals surface area contributed by atoms with E-state index in [2.05, 4.69) is 51.1 Å². The Balaban J connectivity index is 1.82. The lowest BCUT2D eigenvalue weighted by Gasteiger charge is -2.13. The van der Waals surface area contributed by atoms with Crippen LogP contribution >= 0.6 is 0 Å². The molecular formula is C23H32O2. The van der Waals surface area contributed by atoms with E-state index < -0.39 is 0 Å². The molecule has 0 N–H and O–H groups in total. The molecule has 2 aromatic carbocycles. The summed E-state index contributed by atoms with van der Waals surface area (Å²) in [6, 6.07) is 16.5. The topological polar surface area (TPSA) is 18.5 Å². The molecule has 0 saturated carbocycles. The van der Waals surface area contributed by atoms with Gasteiger partial charge in [-0.1, -0.05) is 64.3 Å². The highest BCUT2D eigenvalue weighted by Gasteiger charge is 2.05. The standard InChI is InChI=1S/C23H32O2/c1-18(2)7-5-8-19(3)15-16-25-23-10-6-9-21(17-23)20-11-13-22(24-4)14-12-20/h6,9-14,17-19H,5,7-8,15-16H2,1-4H3. The van der Waals surface area contributed by atoms with Crippen LogP contribution in [0.25, 0.3) is 11.1 Å². The summed E-state index contributed by atoms with van der Waals surface area (Å²) in [6.07, 6.45) is 5.07. The molecule has 2 heteroatoms. The summed E-state index contributed by atoms with van der Waals surface area (Å²) >= 11 is 0. The Hall–Kier alpha value is -1.96. The van der Waals surface area contributed by atoms with Crippen molar-refractivity contribution >= 4 is 0 Å². The predicted molar refractivity (Wildman–Crippen MR) is 106 cm³/mol. The van der Waals surface area contributed by atoms with Gasteiger partial charge < -0.3 is 9.47 Å². The molecule has 2 rings (SSSR count). The summed E-state index contributed by atoms with van der Waals surface area (Å²) < 4.78 is 11.2. The monoisotopic (exact) mass is 340 g/mol. The van der Waals surface area contributed by atoms with Gasteiger partial charge in [-0.05, 0) is 53.6 Å². The summed E-state index contributed by atoms with van der Waals surface area (Å²) in [6.45, 7) is 7.71. The van der Waals surface area contributed by atoms with Crippen LogP contribution in [0, 0.1) is 11.8 Å². The highest BCUT2D eigenvalue weighted by Crippen LogP contribution is 2.26. The van der Waals surface area contributed by atoms with Crippen molar-refractivity contribution in [2.24, 2.45) is 11.8 Å². The van der Waals surface area contributed by atoms with Crippen LogP contribution in [0.4, 0.5) is 0 Å². The molecule has 0 aromatic heterocycles. The average molecular weight is 341 g/mol. The molecule has 0 fully saturated rings. The quantitative estimate of drug-likeness (QED) is 0.485.